The zero-order valence-corrected chi connectivity index (χ0v) is 6.71. The number of rotatable bonds is 2. The molecule has 0 atom stereocenters. The van der Waals surface area contributed by atoms with Crippen LogP contribution in [-0.2, 0) is 14.6 Å². The molecule has 0 aliphatic carbocycles. The molecule has 0 spiro atoms. The van der Waals surface area contributed by atoms with E-state index in [9.17, 15) is 17.6 Å². The fourth-order valence-corrected chi connectivity index (χ4v) is 1.48. The van der Waals surface area contributed by atoms with Gasteiger partial charge in [-0.2, -0.15) is 0 Å². The van der Waals surface area contributed by atoms with Crippen molar-refractivity contribution >= 4 is 30.9 Å². The Morgan fingerprint density at radius 2 is 2.00 bits per heavy atom. The normalized spacial score (nSPS) is 11.3. The van der Waals surface area contributed by atoms with Crippen molar-refractivity contribution in [1.29, 1.82) is 0 Å². The van der Waals surface area contributed by atoms with E-state index < -0.39 is 21.0 Å². The van der Waals surface area contributed by atoms with Gasteiger partial charge in [-0.15, -0.1) is 0 Å². The van der Waals surface area contributed by atoms with E-state index in [0.717, 1.165) is 0 Å². The first-order valence-electron chi connectivity index (χ1n) is 1.92. The number of alkyl halides is 2. The molecule has 54 valence electrons. The fraction of sp³-hybridized carbons (Fsp3) is 0.667. The van der Waals surface area contributed by atoms with Gasteiger partial charge < -0.3 is 0 Å². The Morgan fingerprint density at radius 1 is 1.56 bits per heavy atom. The van der Waals surface area contributed by atoms with Crippen molar-refractivity contribution in [2.45, 2.75) is 0 Å². The van der Waals surface area contributed by atoms with E-state index >= 15 is 0 Å². The highest BCUT2D eigenvalue weighted by atomic mass is 79.9. The van der Waals surface area contributed by atoms with Gasteiger partial charge in [-0.25, -0.2) is 12.8 Å². The highest BCUT2D eigenvalue weighted by Crippen LogP contribution is 1.95. The summed E-state index contributed by atoms with van der Waals surface area (Å²) in [6, 6.07) is -1.61. The summed E-state index contributed by atoms with van der Waals surface area (Å²) in [4.78, 5) is 10.2. The number of halogens is 2. The number of carbonyl (C=O) groups is 1. The molecule has 9 heavy (non-hydrogen) atoms. The van der Waals surface area contributed by atoms with E-state index in [1.165, 1.54) is 0 Å². The summed E-state index contributed by atoms with van der Waals surface area (Å²) in [5.74, 6) is 0. The molecule has 0 heterocycles. The molecular weight excluding hydrogens is 215 g/mol. The molecule has 0 fully saturated rings. The Labute approximate surface area is 60.3 Å². The summed E-state index contributed by atoms with van der Waals surface area (Å²) in [5, 5.41) is -1.47. The summed E-state index contributed by atoms with van der Waals surface area (Å²) in [6.45, 7) is 0. The average Bonchev–Trinajstić information content (AvgIpc) is 1.86. The molecule has 0 saturated heterocycles. The Balaban J connectivity index is 4.37. The van der Waals surface area contributed by atoms with Crippen LogP contribution in [0, 0.1) is 0 Å². The van der Waals surface area contributed by atoms with E-state index in [4.69, 9.17) is 0 Å². The maximum Gasteiger partial charge on any atom is 0.259 e. The second-order valence-electron chi connectivity index (χ2n) is 1.23. The predicted octanol–water partition coefficient (Wildman–Crippen LogP) is 0.250. The lowest BCUT2D eigenvalue weighted by atomic mass is 10.9. The molecule has 3 nitrogen and oxygen atoms in total. The lowest BCUT2D eigenvalue weighted by Crippen LogP contribution is -2.16. The van der Waals surface area contributed by atoms with Gasteiger partial charge in [-0.3, -0.25) is 4.79 Å². The highest BCUT2D eigenvalue weighted by Gasteiger charge is 2.19. The molecule has 0 bridgehead atoms. The zero-order chi connectivity index (χ0) is 7.49. The van der Waals surface area contributed by atoms with Crippen LogP contribution in [0.4, 0.5) is 4.39 Å². The van der Waals surface area contributed by atoms with E-state index in [0.29, 0.717) is 0 Å². The molecule has 0 N–H and O–H groups in total. The second kappa shape index (κ2) is 3.26. The number of carbonyl (C=O) groups excluding carboxylic acids is 1. The van der Waals surface area contributed by atoms with Crippen molar-refractivity contribution in [3.8, 4) is 0 Å². The van der Waals surface area contributed by atoms with Crippen molar-refractivity contribution in [2.75, 3.05) is 11.3 Å². The quantitative estimate of drug-likeness (QED) is 0.625. The maximum atomic E-state index is 11.4. The first kappa shape index (κ1) is 9.03. The Bertz CT molecular complexity index is 197. The average molecular weight is 219 g/mol. The van der Waals surface area contributed by atoms with Crippen molar-refractivity contribution in [2.24, 2.45) is 0 Å². The van der Waals surface area contributed by atoms with Gasteiger partial charge in [0.05, 0.1) is 5.33 Å². The third kappa shape index (κ3) is 2.40. The van der Waals surface area contributed by atoms with E-state index in [1.807, 2.05) is 0 Å². The number of hydrogen-bond donors (Lipinski definition) is 0. The summed E-state index contributed by atoms with van der Waals surface area (Å²) >= 11 is 2.60. The van der Waals surface area contributed by atoms with Gasteiger partial charge in [0.2, 0.25) is 9.84 Å². The van der Waals surface area contributed by atoms with Gasteiger partial charge in [0.1, 0.15) is 0 Å². The molecule has 0 radical (unpaired) electrons. The van der Waals surface area contributed by atoms with Crippen LogP contribution in [0.5, 0.6) is 0 Å². The molecule has 6 heteroatoms. The minimum Gasteiger partial charge on any atom is -0.281 e. The van der Waals surface area contributed by atoms with Crippen molar-refractivity contribution in [3.63, 3.8) is 0 Å². The van der Waals surface area contributed by atoms with Crippen LogP contribution in [0.1, 0.15) is 0 Å². The lowest BCUT2D eigenvalue weighted by molar-refractivity contribution is -0.109. The van der Waals surface area contributed by atoms with E-state index in [1.54, 1.807) is 0 Å². The second-order valence-corrected chi connectivity index (χ2v) is 3.69. The number of sulfone groups is 1. The lowest BCUT2D eigenvalue weighted by Gasteiger charge is -1.90. The van der Waals surface area contributed by atoms with Crippen LogP contribution in [0.25, 0.3) is 0 Å². The maximum absolute atomic E-state index is 11.4. The summed E-state index contributed by atoms with van der Waals surface area (Å²) in [7, 11) is -4.10. The van der Waals surface area contributed by atoms with Crippen molar-refractivity contribution in [1.82, 2.24) is 0 Å². The molecule has 0 aromatic carbocycles. The van der Waals surface area contributed by atoms with E-state index in [2.05, 4.69) is 15.9 Å². The van der Waals surface area contributed by atoms with Crippen LogP contribution in [0.15, 0.2) is 0 Å². The molecule has 0 aliphatic rings. The minimum atomic E-state index is -4.10. The van der Waals surface area contributed by atoms with E-state index in [-0.39, 0.29) is 5.33 Å². The predicted molar refractivity (Wildman–Crippen MR) is 33.7 cm³/mol. The van der Waals surface area contributed by atoms with Gasteiger partial charge in [0.15, 0.2) is 6.01 Å². The minimum absolute atomic E-state index is 0.348. The van der Waals surface area contributed by atoms with Crippen LogP contribution in [-0.4, -0.2) is 24.9 Å². The molecule has 0 aromatic heterocycles. The third-order valence-electron chi connectivity index (χ3n) is 0.600. The fourth-order valence-electron chi connectivity index (χ4n) is 0.144. The zero-order valence-electron chi connectivity index (χ0n) is 4.30. The molecule has 0 amide bonds. The summed E-state index contributed by atoms with van der Waals surface area (Å²) in [5.41, 5.74) is 0. The molecule has 0 aromatic rings. The molecule has 0 rings (SSSR count). The molecule has 0 saturated carbocycles. The van der Waals surface area contributed by atoms with Gasteiger partial charge in [0.25, 0.3) is 5.12 Å². The van der Waals surface area contributed by atoms with Gasteiger partial charge in [-0.1, -0.05) is 15.9 Å². The number of hydrogen-bond acceptors (Lipinski definition) is 3. The van der Waals surface area contributed by atoms with Crippen LogP contribution < -0.4 is 0 Å². The standard InChI is InChI=1S/C3H4BrFO3S/c4-1-3(6)9(7,8)2-5/h1-2H2. The molecule has 0 unspecified atom stereocenters. The first-order valence-corrected chi connectivity index (χ1v) is 4.69. The topological polar surface area (TPSA) is 51.2 Å². The molecule has 0 aliphatic heterocycles. The monoisotopic (exact) mass is 218 g/mol. The first-order chi connectivity index (χ1) is 4.04. The van der Waals surface area contributed by atoms with Gasteiger partial charge >= 0.3 is 0 Å². The largest absolute Gasteiger partial charge is 0.281 e. The van der Waals surface area contributed by atoms with Gasteiger partial charge in [0, 0.05) is 0 Å². The SMILES string of the molecule is O=C(CBr)S(=O)(=O)CF. The summed E-state index contributed by atoms with van der Waals surface area (Å²) in [6.07, 6.45) is 0. The van der Waals surface area contributed by atoms with Crippen LogP contribution >= 0.6 is 15.9 Å². The third-order valence-corrected chi connectivity index (χ3v) is 2.61. The van der Waals surface area contributed by atoms with Crippen molar-refractivity contribution < 1.29 is 17.6 Å². The summed E-state index contributed by atoms with van der Waals surface area (Å²) < 4.78 is 31.7. The smallest absolute Gasteiger partial charge is 0.259 e. The van der Waals surface area contributed by atoms with Crippen LogP contribution in [0.2, 0.25) is 0 Å². The van der Waals surface area contributed by atoms with Crippen LogP contribution in [0.3, 0.4) is 0 Å². The Hall–Kier alpha value is 0.0300. The van der Waals surface area contributed by atoms with Gasteiger partial charge in [-0.05, 0) is 0 Å². The Morgan fingerprint density at radius 3 is 2.11 bits per heavy atom. The van der Waals surface area contributed by atoms with Crippen molar-refractivity contribution in [3.05, 3.63) is 0 Å². The molecular formula is C3H4BrFO3S. The highest BCUT2D eigenvalue weighted by molar-refractivity contribution is 9.09. The Kier molecular flexibility index (Phi) is 3.27.